The van der Waals surface area contributed by atoms with Gasteiger partial charge in [-0.25, -0.2) is 0 Å². The Kier molecular flexibility index (Phi) is 4.16. The van der Waals surface area contributed by atoms with Crippen molar-refractivity contribution in [3.63, 3.8) is 0 Å². The van der Waals surface area contributed by atoms with Crippen LogP contribution in [0.3, 0.4) is 0 Å². The summed E-state index contributed by atoms with van der Waals surface area (Å²) in [5.41, 5.74) is 2.65. The zero-order valence-electron chi connectivity index (χ0n) is 11.3. The first-order valence-electron chi connectivity index (χ1n) is 6.47. The first kappa shape index (κ1) is 13.5. The van der Waals surface area contributed by atoms with Crippen LogP contribution < -0.4 is 15.5 Å². The van der Waals surface area contributed by atoms with E-state index in [1.165, 1.54) is 0 Å². The molecular weight excluding hydrogens is 242 g/mol. The SMILES string of the molecule is CNCCNC(=O)c1ccc2c(c1)CCN2C(C)=O. The van der Waals surface area contributed by atoms with Gasteiger partial charge in [-0.2, -0.15) is 0 Å². The molecule has 0 fully saturated rings. The average Bonchev–Trinajstić information content (AvgIpc) is 2.81. The van der Waals surface area contributed by atoms with Gasteiger partial charge in [-0.15, -0.1) is 0 Å². The van der Waals surface area contributed by atoms with Gasteiger partial charge in [0.2, 0.25) is 5.91 Å². The molecule has 5 heteroatoms. The van der Waals surface area contributed by atoms with Crippen molar-refractivity contribution in [1.82, 2.24) is 10.6 Å². The van der Waals surface area contributed by atoms with Gasteiger partial charge in [0.15, 0.2) is 0 Å². The van der Waals surface area contributed by atoms with Crippen LogP contribution in [0, 0.1) is 0 Å². The van der Waals surface area contributed by atoms with E-state index in [1.54, 1.807) is 17.9 Å². The van der Waals surface area contributed by atoms with Crippen molar-refractivity contribution in [2.45, 2.75) is 13.3 Å². The van der Waals surface area contributed by atoms with E-state index in [0.29, 0.717) is 18.7 Å². The van der Waals surface area contributed by atoms with Crippen LogP contribution in [0.5, 0.6) is 0 Å². The minimum Gasteiger partial charge on any atom is -0.351 e. The molecule has 0 radical (unpaired) electrons. The maximum atomic E-state index is 11.9. The van der Waals surface area contributed by atoms with Gasteiger partial charge in [0.25, 0.3) is 5.91 Å². The molecular formula is C14H19N3O2. The molecule has 0 saturated heterocycles. The molecule has 2 N–H and O–H groups in total. The van der Waals surface area contributed by atoms with Gasteiger partial charge in [-0.1, -0.05) is 0 Å². The van der Waals surface area contributed by atoms with Crippen LogP contribution in [-0.2, 0) is 11.2 Å². The third-order valence-corrected chi connectivity index (χ3v) is 3.28. The number of carbonyl (C=O) groups is 2. The van der Waals surface area contributed by atoms with Crippen LogP contribution in [0.4, 0.5) is 5.69 Å². The summed E-state index contributed by atoms with van der Waals surface area (Å²) < 4.78 is 0. The number of anilines is 1. The predicted molar refractivity (Wildman–Crippen MR) is 74.4 cm³/mol. The number of benzene rings is 1. The summed E-state index contributed by atoms with van der Waals surface area (Å²) >= 11 is 0. The minimum atomic E-state index is -0.0701. The number of fused-ring (bicyclic) bond motifs is 1. The highest BCUT2D eigenvalue weighted by Gasteiger charge is 2.22. The lowest BCUT2D eigenvalue weighted by atomic mass is 10.1. The van der Waals surface area contributed by atoms with E-state index in [4.69, 9.17) is 0 Å². The Bertz CT molecular complexity index is 499. The van der Waals surface area contributed by atoms with E-state index >= 15 is 0 Å². The van der Waals surface area contributed by atoms with E-state index in [0.717, 1.165) is 24.2 Å². The molecule has 0 bridgehead atoms. The van der Waals surface area contributed by atoms with Crippen LogP contribution in [0.1, 0.15) is 22.8 Å². The van der Waals surface area contributed by atoms with Crippen molar-refractivity contribution in [2.24, 2.45) is 0 Å². The Hall–Kier alpha value is -1.88. The van der Waals surface area contributed by atoms with Gasteiger partial charge in [0, 0.05) is 37.8 Å². The molecule has 0 unspecified atom stereocenters. The average molecular weight is 261 g/mol. The molecule has 5 nitrogen and oxygen atoms in total. The highest BCUT2D eigenvalue weighted by Crippen LogP contribution is 2.28. The molecule has 1 aliphatic heterocycles. The van der Waals surface area contributed by atoms with Gasteiger partial charge in [-0.3, -0.25) is 9.59 Å². The molecule has 0 aliphatic carbocycles. The lowest BCUT2D eigenvalue weighted by molar-refractivity contribution is -0.116. The molecule has 2 amide bonds. The van der Waals surface area contributed by atoms with Crippen molar-refractivity contribution in [3.8, 4) is 0 Å². The van der Waals surface area contributed by atoms with E-state index in [-0.39, 0.29) is 11.8 Å². The standard InChI is InChI=1S/C14H19N3O2/c1-10(18)17-8-5-11-9-12(3-4-13(11)17)14(19)16-7-6-15-2/h3-4,9,15H,5-8H2,1-2H3,(H,16,19). The molecule has 2 rings (SSSR count). The molecule has 0 atom stereocenters. The zero-order valence-corrected chi connectivity index (χ0v) is 11.3. The number of likely N-dealkylation sites (N-methyl/N-ethyl adjacent to an activating group) is 1. The zero-order chi connectivity index (χ0) is 13.8. The summed E-state index contributed by atoms with van der Waals surface area (Å²) in [4.78, 5) is 25.1. The number of nitrogens with one attached hydrogen (secondary N) is 2. The van der Waals surface area contributed by atoms with Crippen molar-refractivity contribution in [1.29, 1.82) is 0 Å². The summed E-state index contributed by atoms with van der Waals surface area (Å²) in [6.07, 6.45) is 0.812. The predicted octanol–water partition coefficient (Wildman–Crippen LogP) is 0.545. The molecule has 0 saturated carbocycles. The normalized spacial score (nSPS) is 13.3. The van der Waals surface area contributed by atoms with Gasteiger partial charge < -0.3 is 15.5 Å². The number of hydrogen-bond acceptors (Lipinski definition) is 3. The summed E-state index contributed by atoms with van der Waals surface area (Å²) in [7, 11) is 1.85. The summed E-state index contributed by atoms with van der Waals surface area (Å²) in [5.74, 6) is -0.0238. The molecule has 0 aromatic heterocycles. The molecule has 19 heavy (non-hydrogen) atoms. The number of nitrogens with zero attached hydrogens (tertiary/aromatic N) is 1. The summed E-state index contributed by atoms with van der Waals surface area (Å²) in [6, 6.07) is 5.51. The van der Waals surface area contributed by atoms with Crippen LogP contribution in [0.25, 0.3) is 0 Å². The van der Waals surface area contributed by atoms with Crippen LogP contribution in [0.15, 0.2) is 18.2 Å². The fraction of sp³-hybridized carbons (Fsp3) is 0.429. The second kappa shape index (κ2) is 5.84. The Balaban J connectivity index is 2.10. The monoisotopic (exact) mass is 261 g/mol. The highest BCUT2D eigenvalue weighted by molar-refractivity contribution is 5.97. The lowest BCUT2D eigenvalue weighted by Gasteiger charge is -2.14. The van der Waals surface area contributed by atoms with E-state index in [9.17, 15) is 9.59 Å². The van der Waals surface area contributed by atoms with Crippen molar-refractivity contribution in [2.75, 3.05) is 31.6 Å². The van der Waals surface area contributed by atoms with Crippen LogP contribution in [-0.4, -0.2) is 38.5 Å². The van der Waals surface area contributed by atoms with Crippen LogP contribution in [0.2, 0.25) is 0 Å². The fourth-order valence-electron chi connectivity index (χ4n) is 2.27. The molecule has 1 aromatic rings. The third-order valence-electron chi connectivity index (χ3n) is 3.28. The summed E-state index contributed by atoms with van der Waals surface area (Å²) in [5, 5.41) is 5.82. The van der Waals surface area contributed by atoms with Crippen molar-refractivity contribution >= 4 is 17.5 Å². The van der Waals surface area contributed by atoms with E-state index < -0.39 is 0 Å². The van der Waals surface area contributed by atoms with E-state index in [1.807, 2.05) is 19.2 Å². The molecule has 1 aliphatic rings. The maximum Gasteiger partial charge on any atom is 0.251 e. The van der Waals surface area contributed by atoms with Gasteiger partial charge in [-0.05, 0) is 37.2 Å². The quantitative estimate of drug-likeness (QED) is 0.778. The molecule has 102 valence electrons. The van der Waals surface area contributed by atoms with E-state index in [2.05, 4.69) is 10.6 Å². The third kappa shape index (κ3) is 2.93. The number of amides is 2. The van der Waals surface area contributed by atoms with Gasteiger partial charge in [0.1, 0.15) is 0 Å². The number of carbonyl (C=O) groups excluding carboxylic acids is 2. The number of hydrogen-bond donors (Lipinski definition) is 2. The Labute approximate surface area is 113 Å². The fourth-order valence-corrected chi connectivity index (χ4v) is 2.27. The summed E-state index contributed by atoms with van der Waals surface area (Å²) in [6.45, 7) is 3.61. The number of rotatable bonds is 4. The second-order valence-electron chi connectivity index (χ2n) is 4.62. The first-order valence-corrected chi connectivity index (χ1v) is 6.47. The largest absolute Gasteiger partial charge is 0.351 e. The van der Waals surface area contributed by atoms with Crippen LogP contribution >= 0.6 is 0 Å². The molecule has 1 aromatic carbocycles. The van der Waals surface area contributed by atoms with Crippen molar-refractivity contribution in [3.05, 3.63) is 29.3 Å². The molecule has 1 heterocycles. The van der Waals surface area contributed by atoms with Gasteiger partial charge >= 0.3 is 0 Å². The topological polar surface area (TPSA) is 61.4 Å². The smallest absolute Gasteiger partial charge is 0.251 e. The Morgan fingerprint density at radius 1 is 1.32 bits per heavy atom. The highest BCUT2D eigenvalue weighted by atomic mass is 16.2. The first-order chi connectivity index (χ1) is 9.13. The molecule has 0 spiro atoms. The maximum absolute atomic E-state index is 11.9. The Morgan fingerprint density at radius 3 is 2.79 bits per heavy atom. The minimum absolute atomic E-state index is 0.0463. The van der Waals surface area contributed by atoms with Gasteiger partial charge in [0.05, 0.1) is 0 Å². The lowest BCUT2D eigenvalue weighted by Crippen LogP contribution is -2.30. The Morgan fingerprint density at radius 2 is 2.11 bits per heavy atom. The van der Waals surface area contributed by atoms with Crippen molar-refractivity contribution < 1.29 is 9.59 Å². The second-order valence-corrected chi connectivity index (χ2v) is 4.62.